The summed E-state index contributed by atoms with van der Waals surface area (Å²) in [7, 11) is 0. The van der Waals surface area contributed by atoms with Gasteiger partial charge in [-0.05, 0) is 24.1 Å². The number of amides is 2. The Morgan fingerprint density at radius 3 is 2.79 bits per heavy atom. The van der Waals surface area contributed by atoms with Crippen molar-refractivity contribution in [2.75, 3.05) is 29.9 Å². The number of anilines is 2. The number of hydrogen-bond acceptors (Lipinski definition) is 6. The molecule has 0 atom stereocenters. The van der Waals surface area contributed by atoms with Crippen LogP contribution in [0.15, 0.2) is 54.0 Å². The predicted octanol–water partition coefficient (Wildman–Crippen LogP) is 2.51. The summed E-state index contributed by atoms with van der Waals surface area (Å²) in [5, 5.41) is 8.34. The lowest BCUT2D eigenvalue weighted by molar-refractivity contribution is -0.120. The van der Waals surface area contributed by atoms with Gasteiger partial charge in [-0.15, -0.1) is 11.3 Å². The first-order valence-corrected chi connectivity index (χ1v) is 10.3. The molecule has 2 N–H and O–H groups in total. The quantitative estimate of drug-likeness (QED) is 0.656. The van der Waals surface area contributed by atoms with E-state index >= 15 is 0 Å². The molecule has 2 amide bonds. The second-order valence-corrected chi connectivity index (χ2v) is 7.69. The van der Waals surface area contributed by atoms with Crippen LogP contribution in [0.1, 0.15) is 21.1 Å². The highest BCUT2D eigenvalue weighted by molar-refractivity contribution is 7.09. The van der Waals surface area contributed by atoms with Gasteiger partial charge in [0.1, 0.15) is 11.5 Å². The largest absolute Gasteiger partial charge is 0.353 e. The summed E-state index contributed by atoms with van der Waals surface area (Å²) >= 11 is 1.50. The summed E-state index contributed by atoms with van der Waals surface area (Å²) < 4.78 is 0. The third-order valence-corrected chi connectivity index (χ3v) is 5.53. The first-order chi connectivity index (χ1) is 14.2. The highest BCUT2D eigenvalue weighted by Gasteiger charge is 2.17. The summed E-state index contributed by atoms with van der Waals surface area (Å²) in [6.07, 6.45) is 3.30. The monoisotopic (exact) mass is 407 g/mol. The zero-order valence-corrected chi connectivity index (χ0v) is 16.6. The Balaban J connectivity index is 1.33. The van der Waals surface area contributed by atoms with E-state index in [0.717, 1.165) is 30.2 Å². The molecular weight excluding hydrogens is 386 g/mol. The molecule has 3 heterocycles. The van der Waals surface area contributed by atoms with Gasteiger partial charge in [-0.2, -0.15) is 0 Å². The van der Waals surface area contributed by atoms with E-state index in [1.165, 1.54) is 16.9 Å². The van der Waals surface area contributed by atoms with Gasteiger partial charge >= 0.3 is 0 Å². The van der Waals surface area contributed by atoms with Gasteiger partial charge in [-0.25, -0.2) is 9.97 Å². The Bertz CT molecular complexity index is 988. The molecule has 0 saturated carbocycles. The zero-order chi connectivity index (χ0) is 20.1. The fraction of sp³-hybridized carbons (Fsp3) is 0.238. The van der Waals surface area contributed by atoms with E-state index in [2.05, 4.69) is 32.7 Å². The molecule has 0 unspecified atom stereocenters. The topological polar surface area (TPSA) is 87.2 Å². The molecule has 1 aliphatic rings. The molecule has 148 valence electrons. The average Bonchev–Trinajstić information content (AvgIpc) is 3.23. The van der Waals surface area contributed by atoms with Crippen molar-refractivity contribution in [3.8, 4) is 0 Å². The Morgan fingerprint density at radius 2 is 2.03 bits per heavy atom. The first-order valence-electron chi connectivity index (χ1n) is 9.45. The molecule has 7 nitrogen and oxygen atoms in total. The second-order valence-electron chi connectivity index (χ2n) is 6.74. The lowest BCUT2D eigenvalue weighted by Gasteiger charge is -2.27. The molecule has 4 rings (SSSR count). The number of aryl methyl sites for hydroxylation is 2. The third-order valence-electron chi connectivity index (χ3n) is 4.62. The number of rotatable bonds is 6. The standard InChI is InChI=1S/C21H21N5O2S/c27-19-13-26(11-10-22-19)18-8-7-16(12-23-18)24-21(28)17-14-29-20(25-17)9-6-15-4-2-1-3-5-15/h1-5,7-8,12,14H,6,9-11,13H2,(H,22,27)(H,24,28). The maximum atomic E-state index is 12.5. The number of piperazine rings is 1. The smallest absolute Gasteiger partial charge is 0.275 e. The van der Waals surface area contributed by atoms with Crippen molar-refractivity contribution in [2.24, 2.45) is 0 Å². The first kappa shape index (κ1) is 19.1. The van der Waals surface area contributed by atoms with Crippen LogP contribution in [0.4, 0.5) is 11.5 Å². The Morgan fingerprint density at radius 1 is 1.17 bits per heavy atom. The lowest BCUT2D eigenvalue weighted by Crippen LogP contribution is -2.48. The van der Waals surface area contributed by atoms with E-state index in [1.54, 1.807) is 23.7 Å². The molecule has 1 saturated heterocycles. The molecular formula is C21H21N5O2S. The summed E-state index contributed by atoms with van der Waals surface area (Å²) in [5.41, 5.74) is 2.26. The Labute approximate surface area is 172 Å². The second kappa shape index (κ2) is 8.83. The van der Waals surface area contributed by atoms with Gasteiger partial charge in [-0.1, -0.05) is 30.3 Å². The summed E-state index contributed by atoms with van der Waals surface area (Å²) in [6.45, 7) is 1.62. The minimum absolute atomic E-state index is 0.0120. The number of benzene rings is 1. The number of thiazole rings is 1. The Kier molecular flexibility index (Phi) is 5.81. The molecule has 1 aromatic carbocycles. The highest BCUT2D eigenvalue weighted by atomic mass is 32.1. The molecule has 1 fully saturated rings. The lowest BCUT2D eigenvalue weighted by atomic mass is 10.1. The van der Waals surface area contributed by atoms with E-state index in [1.807, 2.05) is 23.1 Å². The molecule has 1 aliphatic heterocycles. The van der Waals surface area contributed by atoms with Crippen molar-refractivity contribution in [3.63, 3.8) is 0 Å². The van der Waals surface area contributed by atoms with Gasteiger partial charge in [0.15, 0.2) is 0 Å². The van der Waals surface area contributed by atoms with Crippen LogP contribution in [0.5, 0.6) is 0 Å². The molecule has 0 radical (unpaired) electrons. The van der Waals surface area contributed by atoms with Crippen molar-refractivity contribution >= 4 is 34.7 Å². The van der Waals surface area contributed by atoms with Crippen molar-refractivity contribution in [2.45, 2.75) is 12.8 Å². The van der Waals surface area contributed by atoms with E-state index < -0.39 is 0 Å². The summed E-state index contributed by atoms with van der Waals surface area (Å²) in [6, 6.07) is 13.8. The number of nitrogens with one attached hydrogen (secondary N) is 2. The molecule has 8 heteroatoms. The van der Waals surface area contributed by atoms with Gasteiger partial charge in [-0.3, -0.25) is 9.59 Å². The van der Waals surface area contributed by atoms with Crippen molar-refractivity contribution in [3.05, 3.63) is 70.3 Å². The van der Waals surface area contributed by atoms with Crippen LogP contribution in [0.25, 0.3) is 0 Å². The van der Waals surface area contributed by atoms with Crippen LogP contribution < -0.4 is 15.5 Å². The van der Waals surface area contributed by atoms with E-state index in [0.29, 0.717) is 24.5 Å². The number of nitrogens with zero attached hydrogens (tertiary/aromatic N) is 3. The molecule has 29 heavy (non-hydrogen) atoms. The van der Waals surface area contributed by atoms with E-state index in [4.69, 9.17) is 0 Å². The highest BCUT2D eigenvalue weighted by Crippen LogP contribution is 2.17. The number of pyridine rings is 1. The van der Waals surface area contributed by atoms with Crippen LogP contribution >= 0.6 is 11.3 Å². The van der Waals surface area contributed by atoms with Crippen molar-refractivity contribution < 1.29 is 9.59 Å². The van der Waals surface area contributed by atoms with Crippen LogP contribution in [0.3, 0.4) is 0 Å². The minimum Gasteiger partial charge on any atom is -0.353 e. The van der Waals surface area contributed by atoms with Gasteiger partial charge in [0, 0.05) is 24.9 Å². The number of carbonyl (C=O) groups excluding carboxylic acids is 2. The SMILES string of the molecule is O=C1CN(c2ccc(NC(=O)c3csc(CCc4ccccc4)n3)cn2)CCN1. The fourth-order valence-electron chi connectivity index (χ4n) is 3.10. The third kappa shape index (κ3) is 4.97. The maximum absolute atomic E-state index is 12.5. The van der Waals surface area contributed by atoms with Gasteiger partial charge < -0.3 is 15.5 Å². The normalized spacial score (nSPS) is 13.8. The number of carbonyl (C=O) groups is 2. The predicted molar refractivity (Wildman–Crippen MR) is 113 cm³/mol. The van der Waals surface area contributed by atoms with Crippen molar-refractivity contribution in [1.82, 2.24) is 15.3 Å². The molecule has 0 bridgehead atoms. The fourth-order valence-corrected chi connectivity index (χ4v) is 3.88. The van der Waals surface area contributed by atoms with Gasteiger partial charge in [0.05, 0.1) is 23.4 Å². The Hall–Kier alpha value is -3.26. The molecule has 0 aliphatic carbocycles. The zero-order valence-electron chi connectivity index (χ0n) is 15.8. The van der Waals surface area contributed by atoms with Crippen LogP contribution in [0.2, 0.25) is 0 Å². The van der Waals surface area contributed by atoms with Gasteiger partial charge in [0.25, 0.3) is 5.91 Å². The molecule has 0 spiro atoms. The molecule has 2 aromatic heterocycles. The van der Waals surface area contributed by atoms with Crippen LogP contribution in [-0.4, -0.2) is 41.4 Å². The van der Waals surface area contributed by atoms with Crippen LogP contribution in [-0.2, 0) is 17.6 Å². The van der Waals surface area contributed by atoms with Crippen molar-refractivity contribution in [1.29, 1.82) is 0 Å². The van der Waals surface area contributed by atoms with E-state index in [-0.39, 0.29) is 11.8 Å². The number of aromatic nitrogens is 2. The van der Waals surface area contributed by atoms with Crippen LogP contribution in [0, 0.1) is 0 Å². The van der Waals surface area contributed by atoms with Gasteiger partial charge in [0.2, 0.25) is 5.91 Å². The molecule has 3 aromatic rings. The minimum atomic E-state index is -0.251. The summed E-state index contributed by atoms with van der Waals surface area (Å²) in [4.78, 5) is 34.7. The maximum Gasteiger partial charge on any atom is 0.275 e. The van der Waals surface area contributed by atoms with E-state index in [9.17, 15) is 9.59 Å². The number of hydrogen-bond donors (Lipinski definition) is 2. The average molecular weight is 407 g/mol. The summed E-state index contributed by atoms with van der Waals surface area (Å²) in [5.74, 6) is 0.454.